The molecule has 0 aliphatic rings. The summed E-state index contributed by atoms with van der Waals surface area (Å²) < 4.78 is 15.4. The predicted octanol–water partition coefficient (Wildman–Crippen LogP) is 3.73. The number of nitro groups is 1. The van der Waals surface area contributed by atoms with Gasteiger partial charge in [-0.15, -0.1) is 11.8 Å². The van der Waals surface area contributed by atoms with Crippen molar-refractivity contribution in [2.75, 3.05) is 7.11 Å². The number of hydrogen-bond donors (Lipinski definition) is 2. The summed E-state index contributed by atoms with van der Waals surface area (Å²) in [4.78, 5) is 35.5. The molecule has 11 heteroatoms. The van der Waals surface area contributed by atoms with E-state index in [0.717, 1.165) is 17.8 Å². The lowest BCUT2D eigenvalue weighted by molar-refractivity contribution is -0.385. The minimum atomic E-state index is -1.19. The number of nitrogens with one attached hydrogen (secondary N) is 1. The van der Waals surface area contributed by atoms with E-state index >= 15 is 0 Å². The van der Waals surface area contributed by atoms with E-state index in [9.17, 15) is 24.8 Å². The van der Waals surface area contributed by atoms with Gasteiger partial charge < -0.3 is 19.3 Å². The number of amides is 1. The first-order valence-corrected chi connectivity index (χ1v) is 10.1. The molecule has 0 saturated carbocycles. The Bertz CT molecular complexity index is 799. The van der Waals surface area contributed by atoms with Crippen molar-refractivity contribution in [2.24, 2.45) is 0 Å². The fourth-order valence-electron chi connectivity index (χ4n) is 2.16. The van der Waals surface area contributed by atoms with Crippen molar-refractivity contribution in [2.45, 2.75) is 63.9 Å². The number of phenolic OH excluding ortho intramolecular Hbond substituents is 1. The molecular weight excluding hydrogens is 416 g/mol. The van der Waals surface area contributed by atoms with Crippen LogP contribution < -0.4 is 10.1 Å². The molecule has 0 bridgehead atoms. The van der Waals surface area contributed by atoms with Gasteiger partial charge >= 0.3 is 12.1 Å². The minimum absolute atomic E-state index is 0.0500. The number of aromatic hydroxyl groups is 1. The van der Waals surface area contributed by atoms with Crippen LogP contribution in [0.1, 0.15) is 47.1 Å². The fraction of sp³-hybridized carbons (Fsp3) is 0.579. The third-order valence-electron chi connectivity index (χ3n) is 3.25. The molecule has 0 heterocycles. The molecule has 0 radical (unpaired) electrons. The van der Waals surface area contributed by atoms with Crippen molar-refractivity contribution in [3.63, 3.8) is 0 Å². The van der Waals surface area contributed by atoms with Crippen LogP contribution in [0.4, 0.5) is 10.5 Å². The first-order valence-electron chi connectivity index (χ1n) is 9.01. The number of benzene rings is 1. The zero-order valence-corrected chi connectivity index (χ0v) is 18.9. The summed E-state index contributed by atoms with van der Waals surface area (Å²) in [6.07, 6.45) is -0.835. The van der Waals surface area contributed by atoms with Crippen LogP contribution in [0.5, 0.6) is 11.5 Å². The zero-order valence-electron chi connectivity index (χ0n) is 18.1. The normalized spacial score (nSPS) is 12.6. The Kier molecular flexibility index (Phi) is 8.34. The van der Waals surface area contributed by atoms with Crippen LogP contribution in [0.2, 0.25) is 0 Å². The highest BCUT2D eigenvalue weighted by Gasteiger charge is 2.30. The van der Waals surface area contributed by atoms with Gasteiger partial charge in [-0.25, -0.2) is 9.59 Å². The number of rotatable bonds is 7. The third-order valence-corrected chi connectivity index (χ3v) is 4.37. The van der Waals surface area contributed by atoms with Gasteiger partial charge in [-0.05, 0) is 47.6 Å². The van der Waals surface area contributed by atoms with Gasteiger partial charge in [-0.1, -0.05) is 0 Å². The van der Waals surface area contributed by atoms with Gasteiger partial charge in [-0.2, -0.15) is 0 Å². The molecule has 2 N–H and O–H groups in total. The van der Waals surface area contributed by atoms with Crippen molar-refractivity contribution in [3.8, 4) is 11.5 Å². The van der Waals surface area contributed by atoms with Crippen LogP contribution in [-0.4, -0.2) is 45.8 Å². The topological polar surface area (TPSA) is 137 Å². The summed E-state index contributed by atoms with van der Waals surface area (Å²) in [6.45, 7) is 10.0. The number of alkyl carbamates (subject to hydrolysis) is 1. The number of carbonyl (C=O) groups is 2. The molecule has 0 aliphatic carbocycles. The average Bonchev–Trinajstić information content (AvgIpc) is 2.55. The highest BCUT2D eigenvalue weighted by atomic mass is 32.2. The van der Waals surface area contributed by atoms with Crippen molar-refractivity contribution in [1.29, 1.82) is 0 Å². The van der Waals surface area contributed by atoms with Gasteiger partial charge in [0.15, 0.2) is 16.9 Å². The van der Waals surface area contributed by atoms with Gasteiger partial charge in [0.05, 0.1) is 18.1 Å². The molecule has 10 nitrogen and oxygen atoms in total. The molecule has 0 aromatic heterocycles. The first-order chi connectivity index (χ1) is 13.6. The Balaban J connectivity index is 3.10. The van der Waals surface area contributed by atoms with Crippen LogP contribution in [-0.2, 0) is 20.0 Å². The van der Waals surface area contributed by atoms with E-state index in [0.29, 0.717) is 0 Å². The van der Waals surface area contributed by atoms with Gasteiger partial charge in [0, 0.05) is 11.3 Å². The average molecular weight is 445 g/mol. The van der Waals surface area contributed by atoms with Crippen molar-refractivity contribution in [3.05, 3.63) is 27.8 Å². The second-order valence-electron chi connectivity index (χ2n) is 8.28. The third kappa shape index (κ3) is 8.36. The molecule has 1 aromatic rings. The number of nitro benzene ring substituents is 1. The van der Waals surface area contributed by atoms with E-state index in [2.05, 4.69) is 5.32 Å². The van der Waals surface area contributed by atoms with E-state index in [1.807, 2.05) is 0 Å². The van der Waals surface area contributed by atoms with Gasteiger partial charge in [-0.3, -0.25) is 15.4 Å². The quantitative estimate of drug-likeness (QED) is 0.279. The summed E-state index contributed by atoms with van der Waals surface area (Å²) in [5.41, 5.74) is -1.75. The number of phenols is 1. The second-order valence-corrected chi connectivity index (χ2v) is 9.37. The van der Waals surface area contributed by atoms with Crippen molar-refractivity contribution < 1.29 is 33.8 Å². The van der Waals surface area contributed by atoms with Crippen molar-refractivity contribution in [1.82, 2.24) is 5.32 Å². The lowest BCUT2D eigenvalue weighted by Gasteiger charge is -2.26. The van der Waals surface area contributed by atoms with Crippen LogP contribution in [0, 0.1) is 10.1 Å². The summed E-state index contributed by atoms with van der Waals surface area (Å²) in [7, 11) is 1.27. The number of carbonyl (C=O) groups excluding carboxylic acids is 2. The van der Waals surface area contributed by atoms with E-state index in [-0.39, 0.29) is 28.5 Å². The monoisotopic (exact) mass is 444 g/mol. The molecule has 1 rings (SSSR count). The van der Waals surface area contributed by atoms with Crippen LogP contribution in [0.25, 0.3) is 0 Å². The highest BCUT2D eigenvalue weighted by molar-refractivity contribution is 7.99. The predicted molar refractivity (Wildman–Crippen MR) is 112 cm³/mol. The highest BCUT2D eigenvalue weighted by Crippen LogP contribution is 2.36. The number of esters is 1. The molecule has 1 amide bonds. The van der Waals surface area contributed by atoms with Gasteiger partial charge in [0.2, 0.25) is 0 Å². The zero-order chi connectivity index (χ0) is 23.3. The smallest absolute Gasteiger partial charge is 0.409 e. The number of methoxy groups -OCH3 is 1. The molecule has 30 heavy (non-hydrogen) atoms. The maximum atomic E-state index is 12.6. The number of nitrogens with zero attached hydrogens (tertiary/aromatic N) is 1. The minimum Gasteiger partial charge on any atom is -0.504 e. The Hall–Kier alpha value is -2.69. The summed E-state index contributed by atoms with van der Waals surface area (Å²) in [5.74, 6) is -1.15. The molecule has 0 fully saturated rings. The Morgan fingerprint density at radius 3 is 2.20 bits per heavy atom. The number of ether oxygens (including phenoxy) is 3. The fourth-order valence-corrected chi connectivity index (χ4v) is 3.10. The Morgan fingerprint density at radius 2 is 1.73 bits per heavy atom. The maximum Gasteiger partial charge on any atom is 0.409 e. The molecule has 168 valence electrons. The second kappa shape index (κ2) is 9.88. The van der Waals surface area contributed by atoms with Crippen LogP contribution in [0.3, 0.4) is 0 Å². The van der Waals surface area contributed by atoms with E-state index < -0.39 is 33.6 Å². The number of thioether (sulfide) groups is 1. The molecule has 0 saturated heterocycles. The largest absolute Gasteiger partial charge is 0.504 e. The molecular formula is C19H28N2O8S. The van der Waals surface area contributed by atoms with Crippen molar-refractivity contribution >= 4 is 29.5 Å². The molecule has 0 spiro atoms. The molecule has 1 atom stereocenters. The van der Waals surface area contributed by atoms with E-state index in [1.165, 1.54) is 13.2 Å². The first kappa shape index (κ1) is 25.3. The van der Waals surface area contributed by atoms with E-state index in [4.69, 9.17) is 14.2 Å². The van der Waals surface area contributed by atoms with Crippen LogP contribution in [0.15, 0.2) is 12.1 Å². The molecule has 1 unspecified atom stereocenters. The lowest BCUT2D eigenvalue weighted by atomic mass is 10.2. The van der Waals surface area contributed by atoms with Crippen LogP contribution >= 0.6 is 11.8 Å². The van der Waals surface area contributed by atoms with E-state index in [1.54, 1.807) is 41.5 Å². The molecule has 1 aromatic carbocycles. The summed E-state index contributed by atoms with van der Waals surface area (Å²) in [6, 6.07) is 2.28. The number of hydrogen-bond acceptors (Lipinski definition) is 9. The standard InChI is InChI=1S/C19H28N2O8S/c1-18(2,3)28-16(23)15(20-17(24)29-19(4,5)6)30-10-11-8-13(22)14(27-7)9-12(11)21(25)26/h8-9,15,22H,10H2,1-7H3,(H,20,24). The molecule has 0 aliphatic heterocycles. The summed E-state index contributed by atoms with van der Waals surface area (Å²) >= 11 is 0.889. The SMILES string of the molecule is COc1cc([N+](=O)[O-])c(CSC(NC(=O)OC(C)(C)C)C(=O)OC(C)(C)C)cc1O. The maximum absolute atomic E-state index is 12.6. The van der Waals surface area contributed by atoms with Gasteiger partial charge in [0.25, 0.3) is 5.69 Å². The Labute approximate surface area is 179 Å². The summed E-state index contributed by atoms with van der Waals surface area (Å²) in [5, 5.41) is 22.6. The lowest BCUT2D eigenvalue weighted by Crippen LogP contribution is -2.44. The van der Waals surface area contributed by atoms with Gasteiger partial charge in [0.1, 0.15) is 11.2 Å². The Morgan fingerprint density at radius 1 is 1.17 bits per heavy atom.